The molecular weight excluding hydrogens is 1070 g/mol. The number of hydrogen-bond acceptors (Lipinski definition) is 15. The summed E-state index contributed by atoms with van der Waals surface area (Å²) in [4.78, 5) is 156. The predicted molar refractivity (Wildman–Crippen MR) is 298 cm³/mol. The van der Waals surface area contributed by atoms with Gasteiger partial charge in [0.25, 0.3) is 0 Å². The second kappa shape index (κ2) is 31.4. The number of benzene rings is 3. The van der Waals surface area contributed by atoms with Crippen LogP contribution in [0.3, 0.4) is 0 Å². The Balaban J connectivity index is 1.53. The van der Waals surface area contributed by atoms with E-state index < -0.39 is 145 Å². The van der Waals surface area contributed by atoms with E-state index in [2.05, 4.69) is 42.2 Å². The van der Waals surface area contributed by atoms with Gasteiger partial charge in [-0.3, -0.25) is 57.7 Å². The standard InChI is InChI=1S/C52H69N15O11S2/c53-32-27-79-80-28-37(51(78)67-23-11-19-38(67)49(76)62-33(18-10-22-59-52(57)58)45(72)60-26-41(56)70)65-48(75)36(25-40(55)69)63-46(73)34(20-21-39(54)68)61-47(74)35(24-29-12-4-1-5-13-29)64-50(77)43(66-44(32)71)42(30-14-6-2-7-15-30)31-16-8-3-9-17-31/h1-9,12-17,32-38,42-43H,10-11,18-28,53H2,(H2,54,68)(H2,55,69)(H2,56,70)(H,60,72)(H,61,74)(H,62,76)(H,63,73)(H,64,77)(H,65,75)(H,66,71)(H4,57,58,59)/t32-,33-,34-,35-,36-,37-,38-,43+/m0/s1. The molecule has 19 N–H and O–H groups in total. The molecule has 80 heavy (non-hydrogen) atoms. The number of nitrogens with zero attached hydrogens (tertiary/aromatic N) is 2. The summed E-state index contributed by atoms with van der Waals surface area (Å²) in [6, 6.07) is 14.7. The molecule has 8 atom stereocenters. The number of guanidine groups is 1. The van der Waals surface area contributed by atoms with Crippen molar-refractivity contribution in [2.75, 3.05) is 31.1 Å². The van der Waals surface area contributed by atoms with Crippen molar-refractivity contribution in [3.8, 4) is 0 Å². The van der Waals surface area contributed by atoms with Crippen molar-refractivity contribution >= 4 is 92.5 Å². The number of aliphatic imine (C=N–C) groups is 1. The quantitative estimate of drug-likeness (QED) is 0.0226. The fourth-order valence-electron chi connectivity index (χ4n) is 8.89. The molecule has 2 saturated heterocycles. The molecule has 0 spiro atoms. The Morgan fingerprint density at radius 1 is 0.662 bits per heavy atom. The van der Waals surface area contributed by atoms with Crippen LogP contribution in [0.25, 0.3) is 0 Å². The van der Waals surface area contributed by atoms with Crippen molar-refractivity contribution in [3.05, 3.63) is 108 Å². The van der Waals surface area contributed by atoms with Crippen LogP contribution in [0.5, 0.6) is 0 Å². The van der Waals surface area contributed by atoms with Gasteiger partial charge >= 0.3 is 0 Å². The minimum Gasteiger partial charge on any atom is -0.370 e. The SMILES string of the molecule is NC(=O)CC[C@@H]1NC(=O)[C@H](Cc2ccccc2)NC(=O)[C@@H](C(c2ccccc2)c2ccccc2)NC(=O)[C@@H](N)CSSC[C@@H](C(=O)N2CCC[C@H]2C(=O)N[C@@H](CCCN=C(N)N)C(=O)NCC(N)=O)NC(=O)[C@H](CC(N)=O)NC1=O. The van der Waals surface area contributed by atoms with Gasteiger partial charge in [-0.05, 0) is 48.8 Å². The molecule has 0 aliphatic carbocycles. The lowest BCUT2D eigenvalue weighted by molar-refractivity contribution is -0.142. The average molecular weight is 1140 g/mol. The molecule has 0 bridgehead atoms. The first-order valence-electron chi connectivity index (χ1n) is 25.7. The predicted octanol–water partition coefficient (Wildman–Crippen LogP) is -3.52. The van der Waals surface area contributed by atoms with Gasteiger partial charge in [-0.1, -0.05) is 113 Å². The zero-order chi connectivity index (χ0) is 58.3. The van der Waals surface area contributed by atoms with Crippen LogP contribution in [0, 0.1) is 0 Å². The molecule has 3 aromatic rings. The minimum absolute atomic E-state index is 0.00326. The number of hydrogen-bond donors (Lipinski definition) is 13. The summed E-state index contributed by atoms with van der Waals surface area (Å²) in [5.41, 5.74) is 35.5. The first-order valence-corrected chi connectivity index (χ1v) is 28.2. The molecule has 0 radical (unpaired) electrons. The van der Waals surface area contributed by atoms with E-state index in [1.807, 2.05) is 0 Å². The number of likely N-dealkylation sites (tertiary alicyclic amines) is 1. The van der Waals surface area contributed by atoms with E-state index in [1.54, 1.807) is 91.0 Å². The molecule has 0 aromatic heterocycles. The number of carbonyl (C=O) groups is 11. The zero-order valence-electron chi connectivity index (χ0n) is 43.7. The molecule has 5 rings (SSSR count). The third-order valence-corrected chi connectivity index (χ3v) is 15.3. The average Bonchev–Trinajstić information content (AvgIpc) is 3.95. The van der Waals surface area contributed by atoms with Crippen LogP contribution in [-0.2, 0) is 59.2 Å². The highest BCUT2D eigenvalue weighted by Crippen LogP contribution is 2.30. The van der Waals surface area contributed by atoms with Gasteiger partial charge in [0, 0.05) is 43.4 Å². The number of rotatable bonds is 20. The van der Waals surface area contributed by atoms with Gasteiger partial charge in [0.1, 0.15) is 42.3 Å². The summed E-state index contributed by atoms with van der Waals surface area (Å²) < 4.78 is 0. The van der Waals surface area contributed by atoms with E-state index in [-0.39, 0.29) is 56.2 Å². The van der Waals surface area contributed by atoms with E-state index in [1.165, 1.54) is 4.90 Å². The summed E-state index contributed by atoms with van der Waals surface area (Å²) in [6.45, 7) is -0.436. The first kappa shape index (κ1) is 62.6. The van der Waals surface area contributed by atoms with Gasteiger partial charge in [0.05, 0.1) is 19.0 Å². The molecule has 2 heterocycles. The highest BCUT2D eigenvalue weighted by molar-refractivity contribution is 8.76. The molecule has 28 heteroatoms. The molecule has 3 aromatic carbocycles. The number of amides is 11. The number of primary amides is 3. The molecule has 2 aliphatic rings. The molecule has 2 aliphatic heterocycles. The normalized spacial score (nSPS) is 21.9. The fraction of sp³-hybridized carbons (Fsp3) is 0.423. The lowest BCUT2D eigenvalue weighted by Crippen LogP contribution is -2.61. The Kier molecular flexibility index (Phi) is 24.6. The number of nitrogens with two attached hydrogens (primary N) is 6. The molecule has 2 fully saturated rings. The monoisotopic (exact) mass is 1140 g/mol. The summed E-state index contributed by atoms with van der Waals surface area (Å²) in [7, 11) is 2.04. The summed E-state index contributed by atoms with van der Waals surface area (Å²) in [5, 5.41) is 18.2. The van der Waals surface area contributed by atoms with Crippen LogP contribution in [0.15, 0.2) is 96.0 Å². The Hall–Kier alpha value is -8.24. The number of carbonyl (C=O) groups excluding carboxylic acids is 11. The molecule has 11 amide bonds. The van der Waals surface area contributed by atoms with Gasteiger partial charge in [-0.25, -0.2) is 0 Å². The van der Waals surface area contributed by atoms with Crippen molar-refractivity contribution in [2.24, 2.45) is 39.4 Å². The van der Waals surface area contributed by atoms with Crippen LogP contribution >= 0.6 is 21.6 Å². The number of nitrogens with one attached hydrogen (secondary N) is 7. The van der Waals surface area contributed by atoms with Crippen molar-refractivity contribution in [1.82, 2.24) is 42.1 Å². The Morgan fingerprint density at radius 2 is 1.24 bits per heavy atom. The zero-order valence-corrected chi connectivity index (χ0v) is 45.3. The second-order valence-corrected chi connectivity index (χ2v) is 21.5. The van der Waals surface area contributed by atoms with Crippen molar-refractivity contribution in [2.45, 2.75) is 106 Å². The smallest absolute Gasteiger partial charge is 0.246 e. The third-order valence-electron chi connectivity index (χ3n) is 12.9. The van der Waals surface area contributed by atoms with Crippen LogP contribution in [-0.4, -0.2) is 155 Å². The summed E-state index contributed by atoms with van der Waals surface area (Å²) >= 11 is 0. The highest BCUT2D eigenvalue weighted by atomic mass is 33.1. The summed E-state index contributed by atoms with van der Waals surface area (Å²) in [6.07, 6.45) is -1.22. The maximum absolute atomic E-state index is 15.0. The minimum atomic E-state index is -1.80. The lowest BCUT2D eigenvalue weighted by Gasteiger charge is -2.32. The van der Waals surface area contributed by atoms with E-state index >= 15 is 4.79 Å². The van der Waals surface area contributed by atoms with Crippen LogP contribution < -0.4 is 71.6 Å². The Bertz CT molecular complexity index is 2670. The van der Waals surface area contributed by atoms with E-state index in [0.717, 1.165) is 21.6 Å². The molecule has 0 unspecified atom stereocenters. The Labute approximate surface area is 469 Å². The van der Waals surface area contributed by atoms with Crippen molar-refractivity contribution < 1.29 is 52.7 Å². The first-order chi connectivity index (χ1) is 38.2. The van der Waals surface area contributed by atoms with Crippen LogP contribution in [0.4, 0.5) is 0 Å². The molecular formula is C52H69N15O11S2. The lowest BCUT2D eigenvalue weighted by atomic mass is 9.84. The summed E-state index contributed by atoms with van der Waals surface area (Å²) in [5.74, 6) is -11.2. The topological polar surface area (TPSA) is 444 Å². The highest BCUT2D eigenvalue weighted by Gasteiger charge is 2.41. The van der Waals surface area contributed by atoms with Crippen LogP contribution in [0.1, 0.15) is 67.6 Å². The molecule has 26 nitrogen and oxygen atoms in total. The van der Waals surface area contributed by atoms with Crippen molar-refractivity contribution in [3.63, 3.8) is 0 Å². The van der Waals surface area contributed by atoms with Gasteiger partial charge in [-0.15, -0.1) is 0 Å². The maximum Gasteiger partial charge on any atom is 0.246 e. The van der Waals surface area contributed by atoms with Gasteiger partial charge in [0.15, 0.2) is 5.96 Å². The van der Waals surface area contributed by atoms with E-state index in [4.69, 9.17) is 34.4 Å². The molecule has 0 saturated carbocycles. The Morgan fingerprint density at radius 3 is 1.84 bits per heavy atom. The van der Waals surface area contributed by atoms with Crippen LogP contribution in [0.2, 0.25) is 0 Å². The van der Waals surface area contributed by atoms with E-state index in [9.17, 15) is 47.9 Å². The second-order valence-electron chi connectivity index (χ2n) is 19.0. The van der Waals surface area contributed by atoms with Gasteiger partial charge in [0.2, 0.25) is 65.0 Å². The third kappa shape index (κ3) is 19.6. The molecule has 430 valence electrons. The van der Waals surface area contributed by atoms with Gasteiger partial charge in [-0.2, -0.15) is 0 Å². The largest absolute Gasteiger partial charge is 0.370 e. The van der Waals surface area contributed by atoms with Crippen molar-refractivity contribution in [1.29, 1.82) is 0 Å². The van der Waals surface area contributed by atoms with Gasteiger partial charge < -0.3 is 76.5 Å². The van der Waals surface area contributed by atoms with E-state index in [0.29, 0.717) is 23.1 Å². The fourth-order valence-corrected chi connectivity index (χ4v) is 11.2. The maximum atomic E-state index is 15.0.